The molecule has 2 aliphatic rings. The number of piperazine rings is 1. The third-order valence-electron chi connectivity index (χ3n) is 4.79. The fourth-order valence-electron chi connectivity index (χ4n) is 3.43. The van der Waals surface area contributed by atoms with E-state index in [4.69, 9.17) is 0 Å². The van der Waals surface area contributed by atoms with Crippen LogP contribution in [0.1, 0.15) is 53.4 Å². The first-order valence-electron chi connectivity index (χ1n) is 7.66. The first kappa shape index (κ1) is 13.4. The van der Waals surface area contributed by atoms with E-state index in [2.05, 4.69) is 37.9 Å². The van der Waals surface area contributed by atoms with E-state index in [1.807, 2.05) is 0 Å². The fraction of sp³-hybridized carbons (Fsp3) is 1.00. The monoisotopic (exact) mass is 238 g/mol. The number of nitrogens with one attached hydrogen (secondary N) is 1. The molecule has 0 aromatic heterocycles. The van der Waals surface area contributed by atoms with Crippen molar-refractivity contribution in [3.05, 3.63) is 0 Å². The molecule has 1 aliphatic heterocycles. The molecule has 1 saturated carbocycles. The van der Waals surface area contributed by atoms with E-state index in [9.17, 15) is 0 Å². The van der Waals surface area contributed by atoms with Gasteiger partial charge >= 0.3 is 0 Å². The molecule has 2 heteroatoms. The van der Waals surface area contributed by atoms with Crippen LogP contribution in [0.2, 0.25) is 0 Å². The van der Waals surface area contributed by atoms with Crippen molar-refractivity contribution < 1.29 is 0 Å². The van der Waals surface area contributed by atoms with Crippen LogP contribution in [0.15, 0.2) is 0 Å². The number of hydrogen-bond acceptors (Lipinski definition) is 2. The van der Waals surface area contributed by atoms with Crippen LogP contribution in [0.4, 0.5) is 0 Å². The second-order valence-corrected chi connectivity index (χ2v) is 6.33. The molecular formula is C15H30N2. The minimum Gasteiger partial charge on any atom is -0.311 e. The van der Waals surface area contributed by atoms with Gasteiger partial charge in [0.1, 0.15) is 0 Å². The SMILES string of the molecule is CCC(CC)N1CC(C2CC2)NCC1C(C)C. The normalized spacial score (nSPS) is 31.4. The Labute approximate surface area is 107 Å². The van der Waals surface area contributed by atoms with Crippen LogP contribution in [-0.4, -0.2) is 36.1 Å². The maximum atomic E-state index is 3.80. The van der Waals surface area contributed by atoms with Crippen molar-refractivity contribution in [2.24, 2.45) is 11.8 Å². The Balaban J connectivity index is 2.02. The smallest absolute Gasteiger partial charge is 0.0247 e. The molecular weight excluding hydrogens is 208 g/mol. The van der Waals surface area contributed by atoms with Crippen molar-refractivity contribution in [3.63, 3.8) is 0 Å². The van der Waals surface area contributed by atoms with Gasteiger partial charge in [0.2, 0.25) is 0 Å². The summed E-state index contributed by atoms with van der Waals surface area (Å²) < 4.78 is 0. The quantitative estimate of drug-likeness (QED) is 0.792. The van der Waals surface area contributed by atoms with Crippen molar-refractivity contribution in [2.45, 2.75) is 71.5 Å². The summed E-state index contributed by atoms with van der Waals surface area (Å²) in [6.45, 7) is 11.9. The Hall–Kier alpha value is -0.0800. The highest BCUT2D eigenvalue weighted by Crippen LogP contribution is 2.35. The molecule has 2 rings (SSSR count). The molecule has 2 nitrogen and oxygen atoms in total. The van der Waals surface area contributed by atoms with Crippen LogP contribution >= 0.6 is 0 Å². The molecule has 1 heterocycles. The van der Waals surface area contributed by atoms with Crippen molar-refractivity contribution in [1.29, 1.82) is 0 Å². The first-order chi connectivity index (χ1) is 8.17. The lowest BCUT2D eigenvalue weighted by Gasteiger charge is -2.46. The van der Waals surface area contributed by atoms with Gasteiger partial charge in [0.25, 0.3) is 0 Å². The van der Waals surface area contributed by atoms with E-state index in [0.29, 0.717) is 0 Å². The predicted molar refractivity (Wildman–Crippen MR) is 74.2 cm³/mol. The molecule has 0 bridgehead atoms. The molecule has 0 aromatic carbocycles. The van der Waals surface area contributed by atoms with E-state index in [1.54, 1.807) is 0 Å². The summed E-state index contributed by atoms with van der Waals surface area (Å²) in [4.78, 5) is 2.82. The zero-order valence-electron chi connectivity index (χ0n) is 12.1. The second-order valence-electron chi connectivity index (χ2n) is 6.33. The minimum absolute atomic E-state index is 0.745. The van der Waals surface area contributed by atoms with Crippen LogP contribution < -0.4 is 5.32 Å². The molecule has 1 aliphatic carbocycles. The summed E-state index contributed by atoms with van der Waals surface area (Å²) in [6.07, 6.45) is 5.52. The molecule has 1 N–H and O–H groups in total. The fourth-order valence-corrected chi connectivity index (χ4v) is 3.43. The molecule has 17 heavy (non-hydrogen) atoms. The minimum atomic E-state index is 0.745. The average Bonchev–Trinajstić information content (AvgIpc) is 3.14. The number of hydrogen-bond donors (Lipinski definition) is 1. The Morgan fingerprint density at radius 1 is 1.18 bits per heavy atom. The van der Waals surface area contributed by atoms with Gasteiger partial charge in [-0.15, -0.1) is 0 Å². The first-order valence-corrected chi connectivity index (χ1v) is 7.66. The van der Waals surface area contributed by atoms with Crippen molar-refractivity contribution in [3.8, 4) is 0 Å². The van der Waals surface area contributed by atoms with Crippen LogP contribution in [0, 0.1) is 11.8 Å². The summed E-state index contributed by atoms with van der Waals surface area (Å²) >= 11 is 0. The lowest BCUT2D eigenvalue weighted by atomic mass is 9.93. The van der Waals surface area contributed by atoms with Crippen LogP contribution in [0.25, 0.3) is 0 Å². The third-order valence-corrected chi connectivity index (χ3v) is 4.79. The average molecular weight is 238 g/mol. The Morgan fingerprint density at radius 3 is 2.29 bits per heavy atom. The van der Waals surface area contributed by atoms with Gasteiger partial charge in [-0.2, -0.15) is 0 Å². The number of nitrogens with zero attached hydrogens (tertiary/aromatic N) is 1. The van der Waals surface area contributed by atoms with Crippen molar-refractivity contribution >= 4 is 0 Å². The lowest BCUT2D eigenvalue weighted by molar-refractivity contribution is 0.0472. The van der Waals surface area contributed by atoms with E-state index in [-0.39, 0.29) is 0 Å². The van der Waals surface area contributed by atoms with Crippen LogP contribution in [-0.2, 0) is 0 Å². The third kappa shape index (κ3) is 3.03. The van der Waals surface area contributed by atoms with E-state index >= 15 is 0 Å². The van der Waals surface area contributed by atoms with Gasteiger partial charge in [0.15, 0.2) is 0 Å². The summed E-state index contributed by atoms with van der Waals surface area (Å²) in [7, 11) is 0. The van der Waals surface area contributed by atoms with Gasteiger partial charge in [0.05, 0.1) is 0 Å². The Morgan fingerprint density at radius 2 is 1.82 bits per heavy atom. The van der Waals surface area contributed by atoms with Gasteiger partial charge in [0, 0.05) is 31.2 Å². The number of rotatable bonds is 5. The summed E-state index contributed by atoms with van der Waals surface area (Å²) in [5.74, 6) is 1.75. The molecule has 2 unspecified atom stereocenters. The lowest BCUT2D eigenvalue weighted by Crippen LogP contribution is -2.61. The molecule has 2 atom stereocenters. The molecule has 1 saturated heterocycles. The predicted octanol–water partition coefficient (Wildman–Crippen LogP) is 2.88. The van der Waals surface area contributed by atoms with Gasteiger partial charge in [-0.05, 0) is 37.5 Å². The molecule has 0 spiro atoms. The highest BCUT2D eigenvalue weighted by molar-refractivity contribution is 4.96. The summed E-state index contributed by atoms with van der Waals surface area (Å²) in [6, 6.07) is 2.33. The van der Waals surface area contributed by atoms with Gasteiger partial charge in [-0.25, -0.2) is 0 Å². The van der Waals surface area contributed by atoms with Gasteiger partial charge in [-0.1, -0.05) is 27.7 Å². The van der Waals surface area contributed by atoms with E-state index in [0.717, 1.165) is 30.0 Å². The summed E-state index contributed by atoms with van der Waals surface area (Å²) in [5, 5.41) is 3.80. The van der Waals surface area contributed by atoms with E-state index in [1.165, 1.54) is 38.8 Å². The largest absolute Gasteiger partial charge is 0.311 e. The van der Waals surface area contributed by atoms with E-state index < -0.39 is 0 Å². The maximum Gasteiger partial charge on any atom is 0.0247 e. The summed E-state index contributed by atoms with van der Waals surface area (Å²) in [5.41, 5.74) is 0. The Bertz CT molecular complexity index is 231. The van der Waals surface area contributed by atoms with Gasteiger partial charge in [-0.3, -0.25) is 4.90 Å². The second kappa shape index (κ2) is 5.71. The van der Waals surface area contributed by atoms with Crippen LogP contribution in [0.5, 0.6) is 0 Å². The standard InChI is InChI=1S/C15H30N2/c1-5-13(6-2)17-10-14(12-7-8-12)16-9-15(17)11(3)4/h11-16H,5-10H2,1-4H3. The maximum absolute atomic E-state index is 3.80. The molecule has 2 fully saturated rings. The van der Waals surface area contributed by atoms with Crippen LogP contribution in [0.3, 0.4) is 0 Å². The molecule has 0 radical (unpaired) electrons. The zero-order chi connectivity index (χ0) is 12.4. The van der Waals surface area contributed by atoms with Crippen molar-refractivity contribution in [1.82, 2.24) is 10.2 Å². The highest BCUT2D eigenvalue weighted by Gasteiger charge is 2.39. The molecule has 100 valence electrons. The highest BCUT2D eigenvalue weighted by atomic mass is 15.3. The molecule has 0 aromatic rings. The zero-order valence-corrected chi connectivity index (χ0v) is 12.1. The Kier molecular flexibility index (Phi) is 4.48. The van der Waals surface area contributed by atoms with Gasteiger partial charge < -0.3 is 5.32 Å². The topological polar surface area (TPSA) is 15.3 Å². The molecule has 0 amide bonds. The van der Waals surface area contributed by atoms with Crippen molar-refractivity contribution in [2.75, 3.05) is 13.1 Å².